The van der Waals surface area contributed by atoms with Crippen LogP contribution in [0.5, 0.6) is 5.75 Å². The summed E-state index contributed by atoms with van der Waals surface area (Å²) in [5.41, 5.74) is 3.29. The van der Waals surface area contributed by atoms with E-state index in [2.05, 4.69) is 50.4 Å². The summed E-state index contributed by atoms with van der Waals surface area (Å²) in [6.45, 7) is 13.1. The van der Waals surface area contributed by atoms with Gasteiger partial charge in [-0.05, 0) is 61.1 Å². The molecule has 2 fully saturated rings. The summed E-state index contributed by atoms with van der Waals surface area (Å²) in [4.78, 5) is 16.0. The molecular weight excluding hydrogens is 362 g/mol. The lowest BCUT2D eigenvalue weighted by atomic mass is 9.68. The second kappa shape index (κ2) is 7.46. The summed E-state index contributed by atoms with van der Waals surface area (Å²) >= 11 is 0. The van der Waals surface area contributed by atoms with Crippen LogP contribution in [0, 0.1) is 16.7 Å². The van der Waals surface area contributed by atoms with Crippen LogP contribution >= 0.6 is 0 Å². The first-order chi connectivity index (χ1) is 13.8. The van der Waals surface area contributed by atoms with Crippen LogP contribution in [0.3, 0.4) is 0 Å². The second-order valence-corrected chi connectivity index (χ2v) is 9.87. The van der Waals surface area contributed by atoms with E-state index >= 15 is 0 Å². The first-order valence-corrected chi connectivity index (χ1v) is 11.0. The SMILES string of the molecule is C=C1C2(C(=O)N(CCCOC)Cc3ccc4c(c3)CC(C)O4)CCC(C2)C1(C)C. The molecule has 2 saturated carbocycles. The molecule has 0 aromatic heterocycles. The quantitative estimate of drug-likeness (QED) is 0.492. The van der Waals surface area contributed by atoms with Gasteiger partial charge in [-0.25, -0.2) is 0 Å². The fourth-order valence-corrected chi connectivity index (χ4v) is 5.87. The van der Waals surface area contributed by atoms with E-state index in [1.807, 2.05) is 0 Å². The van der Waals surface area contributed by atoms with E-state index in [0.29, 0.717) is 19.1 Å². The van der Waals surface area contributed by atoms with E-state index in [1.165, 1.54) is 11.1 Å². The summed E-state index contributed by atoms with van der Waals surface area (Å²) in [5.74, 6) is 1.84. The highest BCUT2D eigenvalue weighted by molar-refractivity contribution is 5.87. The molecule has 2 aliphatic carbocycles. The molecule has 0 spiro atoms. The molecule has 1 amide bonds. The van der Waals surface area contributed by atoms with E-state index in [1.54, 1.807) is 7.11 Å². The van der Waals surface area contributed by atoms with Gasteiger partial charge in [0.15, 0.2) is 0 Å². The molecule has 3 unspecified atom stereocenters. The number of carbonyl (C=O) groups is 1. The number of nitrogens with zero attached hydrogens (tertiary/aromatic N) is 1. The number of hydrogen-bond acceptors (Lipinski definition) is 3. The van der Waals surface area contributed by atoms with Crippen molar-refractivity contribution >= 4 is 5.91 Å². The van der Waals surface area contributed by atoms with E-state index in [9.17, 15) is 4.79 Å². The molecule has 1 heterocycles. The van der Waals surface area contributed by atoms with Crippen molar-refractivity contribution < 1.29 is 14.3 Å². The number of amides is 1. The predicted molar refractivity (Wildman–Crippen MR) is 115 cm³/mol. The Morgan fingerprint density at radius 1 is 1.38 bits per heavy atom. The predicted octanol–water partition coefficient (Wildman–Crippen LogP) is 4.76. The topological polar surface area (TPSA) is 38.8 Å². The van der Waals surface area contributed by atoms with Gasteiger partial charge in [0.05, 0.1) is 5.41 Å². The lowest BCUT2D eigenvalue weighted by Gasteiger charge is -2.40. The number of benzene rings is 1. The van der Waals surface area contributed by atoms with Crippen LogP contribution in [-0.4, -0.2) is 37.2 Å². The molecule has 0 saturated heterocycles. The van der Waals surface area contributed by atoms with Gasteiger partial charge in [-0.15, -0.1) is 0 Å². The van der Waals surface area contributed by atoms with Gasteiger partial charge in [-0.2, -0.15) is 0 Å². The summed E-state index contributed by atoms with van der Waals surface area (Å²) in [5, 5.41) is 0. The van der Waals surface area contributed by atoms with E-state index < -0.39 is 0 Å². The maximum absolute atomic E-state index is 13.9. The van der Waals surface area contributed by atoms with Crippen molar-refractivity contribution in [1.29, 1.82) is 0 Å². The molecule has 2 bridgehead atoms. The Hall–Kier alpha value is -1.81. The molecule has 4 rings (SSSR count). The third-order valence-corrected chi connectivity index (χ3v) is 7.70. The van der Waals surface area contributed by atoms with Crippen molar-refractivity contribution in [3.63, 3.8) is 0 Å². The average molecular weight is 398 g/mol. The molecule has 1 aromatic rings. The Morgan fingerprint density at radius 2 is 2.17 bits per heavy atom. The van der Waals surface area contributed by atoms with Crippen molar-refractivity contribution in [2.24, 2.45) is 16.7 Å². The third kappa shape index (κ3) is 3.39. The summed E-state index contributed by atoms with van der Waals surface area (Å²) in [6, 6.07) is 6.39. The molecule has 0 N–H and O–H groups in total. The van der Waals surface area contributed by atoms with Gasteiger partial charge in [-0.3, -0.25) is 4.79 Å². The van der Waals surface area contributed by atoms with Gasteiger partial charge >= 0.3 is 0 Å². The molecular formula is C25H35NO3. The molecule has 4 heteroatoms. The van der Waals surface area contributed by atoms with Crippen LogP contribution in [0.2, 0.25) is 0 Å². The summed E-state index contributed by atoms with van der Waals surface area (Å²) in [7, 11) is 1.72. The van der Waals surface area contributed by atoms with Gasteiger partial charge in [0.1, 0.15) is 11.9 Å². The molecule has 0 radical (unpaired) electrons. The molecule has 29 heavy (non-hydrogen) atoms. The normalized spacial score (nSPS) is 29.0. The number of methoxy groups -OCH3 is 1. The highest BCUT2D eigenvalue weighted by atomic mass is 16.5. The summed E-state index contributed by atoms with van der Waals surface area (Å²) < 4.78 is 11.1. The van der Waals surface area contributed by atoms with E-state index in [4.69, 9.17) is 9.47 Å². The van der Waals surface area contributed by atoms with Crippen LogP contribution in [0.15, 0.2) is 30.4 Å². The van der Waals surface area contributed by atoms with Crippen molar-refractivity contribution in [2.75, 3.05) is 20.3 Å². The minimum Gasteiger partial charge on any atom is -0.490 e. The lowest BCUT2D eigenvalue weighted by molar-refractivity contribution is -0.140. The van der Waals surface area contributed by atoms with Crippen molar-refractivity contribution in [3.8, 4) is 5.75 Å². The van der Waals surface area contributed by atoms with Gasteiger partial charge < -0.3 is 14.4 Å². The van der Waals surface area contributed by atoms with Crippen LogP contribution < -0.4 is 4.74 Å². The van der Waals surface area contributed by atoms with Crippen molar-refractivity contribution in [3.05, 3.63) is 41.5 Å². The van der Waals surface area contributed by atoms with E-state index in [0.717, 1.165) is 50.0 Å². The van der Waals surface area contributed by atoms with Crippen LogP contribution in [0.25, 0.3) is 0 Å². The Kier molecular flexibility index (Phi) is 5.27. The van der Waals surface area contributed by atoms with Crippen molar-refractivity contribution in [1.82, 2.24) is 4.90 Å². The number of carbonyl (C=O) groups excluding carboxylic acids is 1. The Balaban J connectivity index is 1.57. The monoisotopic (exact) mass is 397 g/mol. The van der Waals surface area contributed by atoms with Gasteiger partial charge in [0, 0.05) is 33.2 Å². The molecule has 1 aromatic carbocycles. The molecule has 1 aliphatic heterocycles. The van der Waals surface area contributed by atoms with E-state index in [-0.39, 0.29) is 22.8 Å². The molecule has 158 valence electrons. The number of rotatable bonds is 7. The Morgan fingerprint density at radius 3 is 2.86 bits per heavy atom. The standard InChI is InChI=1S/C25H35NO3/c1-17-13-20-14-19(7-8-22(20)29-17)16-26(11-6-12-28-5)23(27)25-10-9-21(15-25)24(3,4)18(25)2/h7-8,14,17,21H,2,6,9-13,15-16H2,1,3-5H3. The maximum atomic E-state index is 13.9. The Bertz CT molecular complexity index is 814. The smallest absolute Gasteiger partial charge is 0.233 e. The fraction of sp³-hybridized carbons (Fsp3) is 0.640. The molecule has 4 nitrogen and oxygen atoms in total. The maximum Gasteiger partial charge on any atom is 0.233 e. The van der Waals surface area contributed by atoms with Gasteiger partial charge in [0.2, 0.25) is 5.91 Å². The first kappa shape index (κ1) is 20.5. The van der Waals surface area contributed by atoms with Crippen LogP contribution in [0.4, 0.5) is 0 Å². The third-order valence-electron chi connectivity index (χ3n) is 7.70. The van der Waals surface area contributed by atoms with Gasteiger partial charge in [0.25, 0.3) is 0 Å². The molecule has 3 atom stereocenters. The average Bonchev–Trinajstić information content (AvgIpc) is 3.34. The van der Waals surface area contributed by atoms with Gasteiger partial charge in [-0.1, -0.05) is 38.1 Å². The van der Waals surface area contributed by atoms with Crippen LogP contribution in [-0.2, 0) is 22.5 Å². The zero-order valence-corrected chi connectivity index (χ0v) is 18.4. The first-order valence-electron chi connectivity index (χ1n) is 11.0. The molecule has 3 aliphatic rings. The summed E-state index contributed by atoms with van der Waals surface area (Å²) in [6.07, 6.45) is 5.08. The highest BCUT2D eigenvalue weighted by Crippen LogP contribution is 2.66. The Labute approximate surface area is 175 Å². The number of ether oxygens (including phenoxy) is 2. The second-order valence-electron chi connectivity index (χ2n) is 9.87. The zero-order valence-electron chi connectivity index (χ0n) is 18.4. The number of hydrogen-bond donors (Lipinski definition) is 0. The van der Waals surface area contributed by atoms with Crippen LogP contribution in [0.1, 0.15) is 57.6 Å². The number of fused-ring (bicyclic) bond motifs is 3. The fourth-order valence-electron chi connectivity index (χ4n) is 5.87. The highest BCUT2D eigenvalue weighted by Gasteiger charge is 2.61. The lowest BCUT2D eigenvalue weighted by Crippen LogP contribution is -2.44. The zero-order chi connectivity index (χ0) is 20.8. The van der Waals surface area contributed by atoms with Crippen molar-refractivity contribution in [2.45, 2.75) is 65.5 Å². The minimum atomic E-state index is -0.365. The largest absolute Gasteiger partial charge is 0.490 e. The minimum absolute atomic E-state index is 0.0627.